The van der Waals surface area contributed by atoms with Crippen molar-refractivity contribution in [3.63, 3.8) is 0 Å². The SMILES string of the molecule is COC[C@@H]1NC(=O)CC/C=C\CN(C(C)C)C(=O)[C@H]2N(CCCO)C(=O)[C@@H]3[C@@H](C(=O)O[C@H]1c1ccccc1)[C@H]1C=C[C@]32O1. The van der Waals surface area contributed by atoms with Crippen LogP contribution in [0.5, 0.6) is 0 Å². The summed E-state index contributed by atoms with van der Waals surface area (Å²) in [4.78, 5) is 58.7. The summed E-state index contributed by atoms with van der Waals surface area (Å²) in [6, 6.07) is 7.20. The first kappa shape index (κ1) is 30.9. The van der Waals surface area contributed by atoms with Gasteiger partial charge in [-0.1, -0.05) is 54.6 Å². The molecule has 0 saturated carbocycles. The smallest absolute Gasteiger partial charge is 0.313 e. The number of cyclic esters (lactones) is 1. The molecule has 11 heteroatoms. The van der Waals surface area contributed by atoms with Gasteiger partial charge in [0.2, 0.25) is 17.7 Å². The molecule has 2 fully saturated rings. The van der Waals surface area contributed by atoms with Crippen molar-refractivity contribution in [3.8, 4) is 0 Å². The van der Waals surface area contributed by atoms with Gasteiger partial charge in [0.15, 0.2) is 0 Å². The van der Waals surface area contributed by atoms with Crippen molar-refractivity contribution in [1.82, 2.24) is 15.1 Å². The zero-order valence-corrected chi connectivity index (χ0v) is 24.9. The molecule has 43 heavy (non-hydrogen) atoms. The van der Waals surface area contributed by atoms with Crippen LogP contribution in [0, 0.1) is 11.8 Å². The fourth-order valence-corrected chi connectivity index (χ4v) is 6.82. The van der Waals surface area contributed by atoms with Gasteiger partial charge in [-0.05, 0) is 32.3 Å². The summed E-state index contributed by atoms with van der Waals surface area (Å²) in [7, 11) is 1.51. The van der Waals surface area contributed by atoms with E-state index in [0.29, 0.717) is 12.0 Å². The van der Waals surface area contributed by atoms with E-state index in [9.17, 15) is 24.3 Å². The third-order valence-electron chi connectivity index (χ3n) is 8.78. The van der Waals surface area contributed by atoms with Crippen molar-refractivity contribution in [2.45, 2.75) is 69.0 Å². The number of benzene rings is 1. The first-order valence-corrected chi connectivity index (χ1v) is 15.0. The summed E-state index contributed by atoms with van der Waals surface area (Å²) >= 11 is 0. The number of hydrogen-bond donors (Lipinski definition) is 2. The molecular formula is C32H41N3O8. The second-order valence-electron chi connectivity index (χ2n) is 11.8. The number of esters is 1. The van der Waals surface area contributed by atoms with Gasteiger partial charge in [0.05, 0.1) is 24.7 Å². The lowest BCUT2D eigenvalue weighted by Gasteiger charge is -2.37. The fraction of sp³-hybridized carbons (Fsp3) is 0.562. The number of carbonyl (C=O) groups is 4. The molecule has 2 saturated heterocycles. The van der Waals surface area contributed by atoms with Crippen LogP contribution < -0.4 is 5.32 Å². The Morgan fingerprint density at radius 1 is 1.12 bits per heavy atom. The number of aliphatic hydroxyl groups is 1. The minimum atomic E-state index is -1.34. The Morgan fingerprint density at radius 2 is 1.88 bits per heavy atom. The number of carbonyl (C=O) groups excluding carboxylic acids is 4. The maximum absolute atomic E-state index is 14.3. The zero-order valence-electron chi connectivity index (χ0n) is 24.9. The molecule has 4 aliphatic rings. The van der Waals surface area contributed by atoms with Crippen molar-refractivity contribution in [1.29, 1.82) is 0 Å². The van der Waals surface area contributed by atoms with Gasteiger partial charge in [0.25, 0.3) is 0 Å². The number of amides is 3. The van der Waals surface area contributed by atoms with Crippen LogP contribution >= 0.6 is 0 Å². The number of aliphatic hydroxyl groups excluding tert-OH is 1. The lowest BCUT2D eigenvalue weighted by atomic mass is 9.74. The van der Waals surface area contributed by atoms with E-state index in [2.05, 4.69) is 5.32 Å². The summed E-state index contributed by atoms with van der Waals surface area (Å²) < 4.78 is 18.1. The number of rotatable bonds is 7. The molecule has 1 aromatic carbocycles. The molecule has 0 aromatic heterocycles. The highest BCUT2D eigenvalue weighted by molar-refractivity contribution is 5.99. The third-order valence-corrected chi connectivity index (χ3v) is 8.78. The van der Waals surface area contributed by atoms with Gasteiger partial charge in [-0.15, -0.1) is 0 Å². The largest absolute Gasteiger partial charge is 0.455 e. The Bertz CT molecular complexity index is 1270. The summed E-state index contributed by atoms with van der Waals surface area (Å²) in [5.74, 6) is -3.53. The molecule has 4 aliphatic heterocycles. The quantitative estimate of drug-likeness (QED) is 0.358. The normalized spacial score (nSPS) is 33.6. The van der Waals surface area contributed by atoms with Gasteiger partial charge < -0.3 is 34.4 Å². The number of methoxy groups -OCH3 is 1. The average Bonchev–Trinajstić information content (AvgIpc) is 3.63. The summed E-state index contributed by atoms with van der Waals surface area (Å²) in [5, 5.41) is 12.6. The first-order chi connectivity index (χ1) is 20.7. The van der Waals surface area contributed by atoms with Crippen molar-refractivity contribution < 1.29 is 38.5 Å². The Kier molecular flexibility index (Phi) is 9.33. The van der Waals surface area contributed by atoms with Gasteiger partial charge >= 0.3 is 5.97 Å². The van der Waals surface area contributed by atoms with E-state index in [4.69, 9.17) is 14.2 Å². The van der Waals surface area contributed by atoms with E-state index in [0.717, 1.165) is 0 Å². The van der Waals surface area contributed by atoms with Crippen LogP contribution in [0.25, 0.3) is 0 Å². The van der Waals surface area contributed by atoms with Crippen molar-refractivity contribution in [3.05, 3.63) is 60.2 Å². The molecule has 5 rings (SSSR count). The van der Waals surface area contributed by atoms with E-state index in [1.165, 1.54) is 12.0 Å². The molecule has 3 amide bonds. The minimum Gasteiger partial charge on any atom is -0.455 e. The second-order valence-corrected chi connectivity index (χ2v) is 11.8. The van der Waals surface area contributed by atoms with Gasteiger partial charge in [-0.25, -0.2) is 0 Å². The minimum absolute atomic E-state index is 0.0834. The van der Waals surface area contributed by atoms with Crippen molar-refractivity contribution in [2.24, 2.45) is 11.8 Å². The van der Waals surface area contributed by atoms with E-state index < -0.39 is 47.7 Å². The fourth-order valence-electron chi connectivity index (χ4n) is 6.82. The van der Waals surface area contributed by atoms with E-state index in [-0.39, 0.29) is 62.9 Å². The Labute approximate surface area is 251 Å². The molecule has 232 valence electrons. The molecule has 1 aromatic rings. The molecule has 0 unspecified atom stereocenters. The molecule has 0 radical (unpaired) electrons. The highest BCUT2D eigenvalue weighted by Gasteiger charge is 2.73. The van der Waals surface area contributed by atoms with E-state index >= 15 is 0 Å². The number of likely N-dealkylation sites (tertiary alicyclic amines) is 1. The Balaban J connectivity index is 1.59. The number of ether oxygens (including phenoxy) is 3. The van der Waals surface area contributed by atoms with Gasteiger partial charge in [-0.3, -0.25) is 19.2 Å². The van der Waals surface area contributed by atoms with Crippen LogP contribution in [0.4, 0.5) is 0 Å². The molecule has 1 spiro atoms. The molecule has 2 N–H and O–H groups in total. The van der Waals surface area contributed by atoms with Gasteiger partial charge in [-0.2, -0.15) is 0 Å². The summed E-state index contributed by atoms with van der Waals surface area (Å²) in [6.07, 6.45) is 6.46. The topological polar surface area (TPSA) is 135 Å². The number of fused-ring (bicyclic) bond motifs is 2. The van der Waals surface area contributed by atoms with E-state index in [1.54, 1.807) is 17.1 Å². The van der Waals surface area contributed by atoms with Crippen molar-refractivity contribution in [2.75, 3.05) is 33.4 Å². The average molecular weight is 596 g/mol. The third kappa shape index (κ3) is 5.73. The monoisotopic (exact) mass is 595 g/mol. The molecule has 11 nitrogen and oxygen atoms in total. The van der Waals surface area contributed by atoms with Gasteiger partial charge in [0.1, 0.15) is 23.7 Å². The first-order valence-electron chi connectivity index (χ1n) is 15.0. The maximum atomic E-state index is 14.3. The van der Waals surface area contributed by atoms with Crippen molar-refractivity contribution >= 4 is 23.7 Å². The zero-order chi connectivity index (χ0) is 30.7. The number of nitrogens with zero attached hydrogens (tertiary/aromatic N) is 2. The van der Waals surface area contributed by atoms with Gasteiger partial charge in [0, 0.05) is 39.3 Å². The predicted octanol–water partition coefficient (Wildman–Crippen LogP) is 1.52. The number of allylic oxidation sites excluding steroid dienone is 1. The molecule has 5 bridgehead atoms. The number of hydrogen-bond acceptors (Lipinski definition) is 8. The highest BCUT2D eigenvalue weighted by Crippen LogP contribution is 2.56. The molecule has 0 aliphatic carbocycles. The van der Waals surface area contributed by atoms with Crippen LogP contribution in [0.15, 0.2) is 54.6 Å². The second kappa shape index (κ2) is 13.0. The molecular weight excluding hydrogens is 554 g/mol. The Morgan fingerprint density at radius 3 is 2.58 bits per heavy atom. The van der Waals surface area contributed by atoms with Crippen LogP contribution in [-0.4, -0.2) is 102 Å². The van der Waals surface area contributed by atoms with Crippen LogP contribution in [0.1, 0.15) is 44.8 Å². The predicted molar refractivity (Wildman–Crippen MR) is 155 cm³/mol. The summed E-state index contributed by atoms with van der Waals surface area (Å²) in [5.41, 5.74) is -0.682. The summed E-state index contributed by atoms with van der Waals surface area (Å²) in [6.45, 7) is 4.14. The maximum Gasteiger partial charge on any atom is 0.313 e. The van der Waals surface area contributed by atoms with E-state index in [1.807, 2.05) is 56.3 Å². The Hall–Kier alpha value is -3.54. The lowest BCUT2D eigenvalue weighted by Crippen LogP contribution is -2.57. The standard InChI is InChI=1S/C32H41N3O8/c1-20(2)34-16-9-5-8-13-24(37)33-22(19-41-3)27(21-11-6-4-7-12-21)42-31(40)25-23-14-15-32(43-23)26(25)29(38)35(17-10-18-36)28(32)30(34)39/h4-7,9,11-12,14-15,20,22-23,25-28,36H,8,10,13,16-19H2,1-3H3,(H,33,37)/b9-5-/t22-,23+,25-,26-,27-,28+,32-/m0/s1. The molecule has 4 heterocycles. The molecule has 7 atom stereocenters. The number of nitrogens with one attached hydrogen (secondary N) is 1. The van der Waals surface area contributed by atoms with Crippen LogP contribution in [-0.2, 0) is 33.4 Å². The van der Waals surface area contributed by atoms with Crippen LogP contribution in [0.2, 0.25) is 0 Å². The highest BCUT2D eigenvalue weighted by atomic mass is 16.6. The lowest BCUT2D eigenvalue weighted by molar-refractivity contribution is -0.162. The van der Waals surface area contributed by atoms with Crippen LogP contribution in [0.3, 0.4) is 0 Å².